The first-order valence-electron chi connectivity index (χ1n) is 9.69. The highest BCUT2D eigenvalue weighted by Gasteiger charge is 2.16. The Labute approximate surface area is 171 Å². The molecule has 7 heteroatoms. The summed E-state index contributed by atoms with van der Waals surface area (Å²) in [4.78, 5) is 30.5. The van der Waals surface area contributed by atoms with Gasteiger partial charge in [0.05, 0.1) is 19.8 Å². The third-order valence-corrected chi connectivity index (χ3v) is 4.89. The lowest BCUT2D eigenvalue weighted by Gasteiger charge is -2.28. The van der Waals surface area contributed by atoms with Crippen LogP contribution in [0.5, 0.6) is 0 Å². The third kappa shape index (κ3) is 5.48. The molecule has 0 spiro atoms. The molecule has 2 amide bonds. The van der Waals surface area contributed by atoms with Crippen LogP contribution in [-0.2, 0) is 9.53 Å². The monoisotopic (exact) mass is 396 g/mol. The Morgan fingerprint density at radius 1 is 0.966 bits per heavy atom. The van der Waals surface area contributed by atoms with Crippen molar-refractivity contribution in [1.29, 1.82) is 0 Å². The number of nitrogens with zero attached hydrogens (tertiary/aromatic N) is 3. The second-order valence-corrected chi connectivity index (χ2v) is 7.30. The molecule has 29 heavy (non-hydrogen) atoms. The van der Waals surface area contributed by atoms with Gasteiger partial charge in [-0.05, 0) is 48.5 Å². The molecule has 7 nitrogen and oxygen atoms in total. The summed E-state index contributed by atoms with van der Waals surface area (Å²) in [5, 5.41) is 2.85. The average Bonchev–Trinajstić information content (AvgIpc) is 2.74. The number of nitrogens with one attached hydrogen (secondary N) is 1. The summed E-state index contributed by atoms with van der Waals surface area (Å²) >= 11 is 0. The highest BCUT2D eigenvalue weighted by Crippen LogP contribution is 2.19. The summed E-state index contributed by atoms with van der Waals surface area (Å²) in [6.07, 6.45) is 0. The summed E-state index contributed by atoms with van der Waals surface area (Å²) in [5.41, 5.74) is 3.39. The lowest BCUT2D eigenvalue weighted by Crippen LogP contribution is -2.36. The van der Waals surface area contributed by atoms with Gasteiger partial charge in [-0.3, -0.25) is 9.59 Å². The van der Waals surface area contributed by atoms with Gasteiger partial charge in [-0.25, -0.2) is 0 Å². The van der Waals surface area contributed by atoms with E-state index in [1.54, 1.807) is 19.2 Å². The molecule has 2 aromatic carbocycles. The van der Waals surface area contributed by atoms with E-state index in [2.05, 4.69) is 10.2 Å². The van der Waals surface area contributed by atoms with Crippen LogP contribution in [-0.4, -0.2) is 70.7 Å². The Morgan fingerprint density at radius 3 is 2.17 bits per heavy atom. The second-order valence-electron chi connectivity index (χ2n) is 7.30. The van der Waals surface area contributed by atoms with Gasteiger partial charge in [-0.2, -0.15) is 0 Å². The van der Waals surface area contributed by atoms with Gasteiger partial charge in [0.25, 0.3) is 5.91 Å². The van der Waals surface area contributed by atoms with E-state index in [-0.39, 0.29) is 18.4 Å². The van der Waals surface area contributed by atoms with Gasteiger partial charge in [-0.1, -0.05) is 0 Å². The van der Waals surface area contributed by atoms with Crippen molar-refractivity contribution in [3.63, 3.8) is 0 Å². The van der Waals surface area contributed by atoms with Crippen molar-refractivity contribution in [2.75, 3.05) is 69.1 Å². The maximum Gasteiger partial charge on any atom is 0.254 e. The molecule has 0 atom stereocenters. The van der Waals surface area contributed by atoms with Gasteiger partial charge in [-0.15, -0.1) is 0 Å². The topological polar surface area (TPSA) is 65.1 Å². The van der Waals surface area contributed by atoms with E-state index in [1.807, 2.05) is 55.4 Å². The van der Waals surface area contributed by atoms with Crippen LogP contribution in [0.15, 0.2) is 48.5 Å². The number of rotatable bonds is 6. The molecular weight excluding hydrogens is 368 g/mol. The molecule has 0 radical (unpaired) electrons. The number of carbonyl (C=O) groups excluding carboxylic acids is 2. The van der Waals surface area contributed by atoms with Crippen LogP contribution in [0.25, 0.3) is 0 Å². The third-order valence-electron chi connectivity index (χ3n) is 4.89. The van der Waals surface area contributed by atoms with Crippen LogP contribution >= 0.6 is 0 Å². The number of hydrogen-bond donors (Lipinski definition) is 1. The lowest BCUT2D eigenvalue weighted by molar-refractivity contribution is -0.116. The largest absolute Gasteiger partial charge is 0.378 e. The Morgan fingerprint density at radius 2 is 1.59 bits per heavy atom. The normalized spacial score (nSPS) is 13.7. The lowest BCUT2D eigenvalue weighted by atomic mass is 10.1. The van der Waals surface area contributed by atoms with Crippen molar-refractivity contribution in [3.8, 4) is 0 Å². The van der Waals surface area contributed by atoms with Crippen LogP contribution in [0.4, 0.5) is 17.1 Å². The smallest absolute Gasteiger partial charge is 0.254 e. The molecule has 2 aromatic rings. The highest BCUT2D eigenvalue weighted by molar-refractivity contribution is 5.99. The van der Waals surface area contributed by atoms with Crippen LogP contribution in [0.3, 0.4) is 0 Å². The molecule has 0 aliphatic carbocycles. The Hall–Kier alpha value is -3.06. The summed E-state index contributed by atoms with van der Waals surface area (Å²) in [5.74, 6) is -0.419. The number of benzene rings is 2. The molecule has 0 aromatic heterocycles. The van der Waals surface area contributed by atoms with Crippen molar-refractivity contribution < 1.29 is 14.3 Å². The second kappa shape index (κ2) is 9.43. The van der Waals surface area contributed by atoms with E-state index in [0.717, 1.165) is 37.7 Å². The van der Waals surface area contributed by atoms with Gasteiger partial charge in [0.15, 0.2) is 0 Å². The van der Waals surface area contributed by atoms with Crippen molar-refractivity contribution in [2.24, 2.45) is 0 Å². The first-order valence-corrected chi connectivity index (χ1v) is 9.69. The van der Waals surface area contributed by atoms with E-state index in [0.29, 0.717) is 11.3 Å². The fraction of sp³-hybridized carbons (Fsp3) is 0.364. The fourth-order valence-electron chi connectivity index (χ4n) is 3.19. The average molecular weight is 396 g/mol. The number of anilines is 3. The summed E-state index contributed by atoms with van der Waals surface area (Å²) in [6.45, 7) is 3.19. The zero-order valence-corrected chi connectivity index (χ0v) is 17.2. The predicted molar refractivity (Wildman–Crippen MR) is 116 cm³/mol. The molecular formula is C22H28N4O3. The van der Waals surface area contributed by atoms with Gasteiger partial charge in [0.2, 0.25) is 5.91 Å². The maximum absolute atomic E-state index is 12.6. The number of morpholine rings is 1. The summed E-state index contributed by atoms with van der Waals surface area (Å²) in [6, 6.07) is 15.1. The number of likely N-dealkylation sites (N-methyl/N-ethyl adjacent to an activating group) is 1. The summed E-state index contributed by atoms with van der Waals surface area (Å²) in [7, 11) is 5.52. The van der Waals surface area contributed by atoms with Crippen LogP contribution in [0, 0.1) is 0 Å². The molecule has 1 saturated heterocycles. The van der Waals surface area contributed by atoms with E-state index >= 15 is 0 Å². The van der Waals surface area contributed by atoms with Crippen molar-refractivity contribution in [1.82, 2.24) is 4.90 Å². The Kier molecular flexibility index (Phi) is 6.72. The Balaban J connectivity index is 1.53. The molecule has 1 heterocycles. The number of amides is 2. The SMILES string of the molecule is CN(CC(=O)Nc1ccc(N2CCOCC2)cc1)C(=O)c1ccc(N(C)C)cc1. The molecule has 0 bridgehead atoms. The molecule has 1 fully saturated rings. The molecule has 0 saturated carbocycles. The highest BCUT2D eigenvalue weighted by atomic mass is 16.5. The van der Waals surface area contributed by atoms with Crippen molar-refractivity contribution >= 4 is 28.9 Å². The Bertz CT molecular complexity index is 828. The van der Waals surface area contributed by atoms with E-state index in [4.69, 9.17) is 4.74 Å². The van der Waals surface area contributed by atoms with Crippen molar-refractivity contribution in [3.05, 3.63) is 54.1 Å². The number of carbonyl (C=O) groups is 2. The molecule has 1 aliphatic rings. The zero-order valence-electron chi connectivity index (χ0n) is 17.2. The molecule has 1 aliphatic heterocycles. The summed E-state index contributed by atoms with van der Waals surface area (Å²) < 4.78 is 5.37. The predicted octanol–water partition coefficient (Wildman–Crippen LogP) is 2.30. The van der Waals surface area contributed by atoms with E-state index in [9.17, 15) is 9.59 Å². The first-order chi connectivity index (χ1) is 13.9. The molecule has 3 rings (SSSR count). The van der Waals surface area contributed by atoms with Crippen molar-refractivity contribution in [2.45, 2.75) is 0 Å². The fourth-order valence-corrected chi connectivity index (χ4v) is 3.19. The van der Waals surface area contributed by atoms with Gasteiger partial charge in [0.1, 0.15) is 0 Å². The minimum atomic E-state index is -0.232. The van der Waals surface area contributed by atoms with Crippen LogP contribution < -0.4 is 15.1 Å². The molecule has 154 valence electrons. The minimum Gasteiger partial charge on any atom is -0.378 e. The first kappa shape index (κ1) is 20.7. The van der Waals surface area contributed by atoms with Gasteiger partial charge in [0, 0.05) is 56.9 Å². The van der Waals surface area contributed by atoms with Gasteiger partial charge < -0.3 is 24.8 Å². The number of hydrogen-bond acceptors (Lipinski definition) is 5. The number of ether oxygens (including phenoxy) is 1. The van der Waals surface area contributed by atoms with Gasteiger partial charge >= 0.3 is 0 Å². The zero-order chi connectivity index (χ0) is 20.8. The van der Waals surface area contributed by atoms with Crippen LogP contribution in [0.1, 0.15) is 10.4 Å². The molecule has 0 unspecified atom stereocenters. The quantitative estimate of drug-likeness (QED) is 0.812. The molecule has 1 N–H and O–H groups in total. The minimum absolute atomic E-state index is 0.0144. The van der Waals surface area contributed by atoms with E-state index < -0.39 is 0 Å². The van der Waals surface area contributed by atoms with Crippen LogP contribution in [0.2, 0.25) is 0 Å². The standard InChI is InChI=1S/C22H28N4O3/c1-24(2)19-8-4-17(5-9-19)22(28)25(3)16-21(27)23-18-6-10-20(11-7-18)26-12-14-29-15-13-26/h4-11H,12-16H2,1-3H3,(H,23,27). The van der Waals surface area contributed by atoms with E-state index in [1.165, 1.54) is 4.90 Å². The maximum atomic E-state index is 12.6.